The lowest BCUT2D eigenvalue weighted by atomic mass is 9.99. The zero-order valence-electron chi connectivity index (χ0n) is 19.3. The minimum atomic E-state index is -1.15. The normalized spacial score (nSPS) is 12.7. The Morgan fingerprint density at radius 3 is 2.53 bits per heavy atom. The van der Waals surface area contributed by atoms with Crippen LogP contribution in [0.4, 0.5) is 8.78 Å². The fraction of sp³-hybridized carbons (Fsp3) is 0.296. The number of Topliss-reactive ketones (excluding diaryl/α,β-unsaturated/α-hetero) is 1. The quantitative estimate of drug-likeness (QED) is 0.324. The van der Waals surface area contributed by atoms with Gasteiger partial charge in [0.15, 0.2) is 17.2 Å². The van der Waals surface area contributed by atoms with Crippen LogP contribution in [0.5, 0.6) is 5.75 Å². The van der Waals surface area contributed by atoms with Crippen LogP contribution in [0.1, 0.15) is 59.9 Å². The molecule has 190 valence electrons. The summed E-state index contributed by atoms with van der Waals surface area (Å²) in [5.41, 5.74) is 2.01. The number of nitrogens with zero attached hydrogens (tertiary/aromatic N) is 3. The van der Waals surface area contributed by atoms with Crippen LogP contribution in [0.3, 0.4) is 0 Å². The van der Waals surface area contributed by atoms with Gasteiger partial charge >= 0.3 is 0 Å². The summed E-state index contributed by atoms with van der Waals surface area (Å²) >= 11 is 0. The van der Waals surface area contributed by atoms with E-state index in [2.05, 4.69) is 9.97 Å². The lowest BCUT2D eigenvalue weighted by molar-refractivity contribution is 0.0272. The number of aromatic nitrogens is 3. The average molecular weight is 498 g/mol. The van der Waals surface area contributed by atoms with Gasteiger partial charge in [-0.3, -0.25) is 14.2 Å². The minimum Gasteiger partial charge on any atom is -0.485 e. The third kappa shape index (κ3) is 5.42. The van der Waals surface area contributed by atoms with Crippen molar-refractivity contribution in [1.82, 2.24) is 14.4 Å². The molecule has 4 aromatic rings. The predicted molar refractivity (Wildman–Crippen MR) is 131 cm³/mol. The lowest BCUT2D eigenvalue weighted by Crippen LogP contribution is -2.17. The molecule has 0 fully saturated rings. The first-order chi connectivity index (χ1) is 16.8. The van der Waals surface area contributed by atoms with E-state index in [1.807, 2.05) is 0 Å². The number of aliphatic hydroxyl groups excluding tert-OH is 2. The Kier molecular flexibility index (Phi) is 8.49. The number of halogens is 2. The maximum Gasteiger partial charge on any atom is 0.181 e. The molecule has 3 heterocycles. The van der Waals surface area contributed by atoms with Crippen molar-refractivity contribution in [1.29, 1.82) is 0 Å². The maximum absolute atomic E-state index is 14.0. The summed E-state index contributed by atoms with van der Waals surface area (Å²) in [6.45, 7) is 2.84. The summed E-state index contributed by atoms with van der Waals surface area (Å²) in [6, 6.07) is 10.4. The van der Waals surface area contributed by atoms with Crippen LogP contribution in [-0.2, 0) is 13.0 Å². The van der Waals surface area contributed by atoms with Gasteiger partial charge < -0.3 is 14.9 Å². The Hall–Kier alpha value is -3.69. The Morgan fingerprint density at radius 2 is 1.83 bits per heavy atom. The standard InChI is InChI=1S/C26H25F2N3O4.CH4/c1-15-24(21(33)11-10-17-6-4-12-29-23(17)25(34)16(2)32)31-13-5-9-22(26(31)30-15)35-14-18-19(27)7-3-8-20(18)28;/h3-9,12-13,16,25,32,34H,10-11,14H2,1-2H3;1H4/t16-,25+;/m1./s1. The highest BCUT2D eigenvalue weighted by atomic mass is 19.1. The predicted octanol–water partition coefficient (Wildman–Crippen LogP) is 4.76. The molecule has 4 rings (SSSR count). The number of carbonyl (C=O) groups excluding carboxylic acids is 1. The number of pyridine rings is 2. The van der Waals surface area contributed by atoms with Gasteiger partial charge in [0.2, 0.25) is 0 Å². The monoisotopic (exact) mass is 497 g/mol. The zero-order valence-corrected chi connectivity index (χ0v) is 19.3. The van der Waals surface area contributed by atoms with Crippen molar-refractivity contribution in [3.8, 4) is 5.75 Å². The molecular formula is C27H29F2N3O4. The smallest absolute Gasteiger partial charge is 0.181 e. The number of ether oxygens (including phenoxy) is 1. The molecule has 9 heteroatoms. The Labute approximate surface area is 208 Å². The molecule has 3 aromatic heterocycles. The summed E-state index contributed by atoms with van der Waals surface area (Å²) in [5.74, 6) is -1.31. The van der Waals surface area contributed by atoms with Crippen LogP contribution >= 0.6 is 0 Å². The Balaban J connectivity index is 0.00000361. The van der Waals surface area contributed by atoms with Crippen molar-refractivity contribution >= 4 is 11.4 Å². The van der Waals surface area contributed by atoms with E-state index >= 15 is 0 Å². The third-order valence-corrected chi connectivity index (χ3v) is 5.77. The van der Waals surface area contributed by atoms with Gasteiger partial charge in [0.1, 0.15) is 30.0 Å². The van der Waals surface area contributed by atoms with Crippen LogP contribution in [0.2, 0.25) is 0 Å². The molecule has 2 N–H and O–H groups in total. The summed E-state index contributed by atoms with van der Waals surface area (Å²) < 4.78 is 35.2. The van der Waals surface area contributed by atoms with Crippen molar-refractivity contribution in [3.05, 3.63) is 94.7 Å². The maximum atomic E-state index is 14.0. The summed E-state index contributed by atoms with van der Waals surface area (Å²) in [4.78, 5) is 21.8. The molecule has 0 saturated heterocycles. The molecule has 36 heavy (non-hydrogen) atoms. The van der Waals surface area contributed by atoms with Gasteiger partial charge in [-0.15, -0.1) is 0 Å². The molecular weight excluding hydrogens is 468 g/mol. The summed E-state index contributed by atoms with van der Waals surface area (Å²) in [7, 11) is 0. The molecule has 0 unspecified atom stereocenters. The van der Waals surface area contributed by atoms with Crippen molar-refractivity contribution in [2.75, 3.05) is 0 Å². The van der Waals surface area contributed by atoms with Gasteiger partial charge in [0.05, 0.1) is 23.1 Å². The molecule has 0 spiro atoms. The van der Waals surface area contributed by atoms with Gasteiger partial charge in [0, 0.05) is 18.8 Å². The van der Waals surface area contributed by atoms with Crippen LogP contribution in [0.15, 0.2) is 54.9 Å². The summed E-state index contributed by atoms with van der Waals surface area (Å²) in [5, 5.41) is 20.0. The first-order valence-corrected chi connectivity index (χ1v) is 11.1. The van der Waals surface area contributed by atoms with E-state index in [0.717, 1.165) is 12.1 Å². The third-order valence-electron chi connectivity index (χ3n) is 5.77. The molecule has 0 aliphatic carbocycles. The number of aliphatic hydroxyl groups is 2. The molecule has 0 saturated carbocycles. The van der Waals surface area contributed by atoms with E-state index in [1.54, 1.807) is 41.8 Å². The van der Waals surface area contributed by atoms with E-state index in [-0.39, 0.29) is 37.6 Å². The average Bonchev–Trinajstić information content (AvgIpc) is 3.18. The van der Waals surface area contributed by atoms with Gasteiger partial charge in [-0.2, -0.15) is 0 Å². The van der Waals surface area contributed by atoms with Crippen LogP contribution in [0, 0.1) is 18.6 Å². The topological polar surface area (TPSA) is 97.0 Å². The number of carbonyl (C=O) groups is 1. The van der Waals surface area contributed by atoms with Gasteiger partial charge in [-0.05, 0) is 56.2 Å². The number of hydrogen-bond donors (Lipinski definition) is 2. The largest absolute Gasteiger partial charge is 0.485 e. The van der Waals surface area contributed by atoms with E-state index in [9.17, 15) is 23.8 Å². The number of hydrogen-bond acceptors (Lipinski definition) is 6. The second kappa shape index (κ2) is 11.4. The zero-order chi connectivity index (χ0) is 25.1. The fourth-order valence-electron chi connectivity index (χ4n) is 3.95. The molecule has 2 atom stereocenters. The number of rotatable bonds is 9. The highest BCUT2D eigenvalue weighted by Crippen LogP contribution is 2.26. The molecule has 0 bridgehead atoms. The van der Waals surface area contributed by atoms with Crippen molar-refractivity contribution in [2.24, 2.45) is 0 Å². The second-order valence-electron chi connectivity index (χ2n) is 8.26. The number of aryl methyl sites for hydroxylation is 2. The van der Waals surface area contributed by atoms with E-state index in [1.165, 1.54) is 19.2 Å². The minimum absolute atomic E-state index is 0. The van der Waals surface area contributed by atoms with Crippen LogP contribution < -0.4 is 4.74 Å². The van der Waals surface area contributed by atoms with Crippen LogP contribution in [-0.4, -0.2) is 36.5 Å². The number of benzene rings is 1. The highest BCUT2D eigenvalue weighted by Gasteiger charge is 2.22. The van der Waals surface area contributed by atoms with Gasteiger partial charge in [-0.1, -0.05) is 19.6 Å². The lowest BCUT2D eigenvalue weighted by Gasteiger charge is -2.16. The molecule has 0 amide bonds. The summed E-state index contributed by atoms with van der Waals surface area (Å²) in [6.07, 6.45) is 1.46. The highest BCUT2D eigenvalue weighted by molar-refractivity contribution is 5.96. The Bertz CT molecular complexity index is 1350. The van der Waals surface area contributed by atoms with Crippen molar-refractivity contribution in [2.45, 2.75) is 52.9 Å². The van der Waals surface area contributed by atoms with Crippen LogP contribution in [0.25, 0.3) is 5.65 Å². The first kappa shape index (κ1) is 26.9. The molecule has 0 aliphatic rings. The Morgan fingerprint density at radius 1 is 1.11 bits per heavy atom. The molecule has 0 radical (unpaired) electrons. The molecule has 7 nitrogen and oxygen atoms in total. The number of fused-ring (bicyclic) bond motifs is 1. The van der Waals surface area contributed by atoms with Gasteiger partial charge in [-0.25, -0.2) is 13.8 Å². The van der Waals surface area contributed by atoms with E-state index < -0.39 is 23.8 Å². The van der Waals surface area contributed by atoms with E-state index in [0.29, 0.717) is 34.7 Å². The number of ketones is 1. The first-order valence-electron chi connectivity index (χ1n) is 11.1. The van der Waals surface area contributed by atoms with Gasteiger partial charge in [0.25, 0.3) is 0 Å². The molecule has 1 aromatic carbocycles. The second-order valence-corrected chi connectivity index (χ2v) is 8.26. The fourth-order valence-corrected chi connectivity index (χ4v) is 3.95. The van der Waals surface area contributed by atoms with E-state index in [4.69, 9.17) is 4.74 Å². The number of imidazole rings is 1. The molecule has 0 aliphatic heterocycles. The van der Waals surface area contributed by atoms with Crippen molar-refractivity contribution < 1.29 is 28.5 Å². The SMILES string of the molecule is C.Cc1nc2c(OCc3c(F)cccc3F)cccn2c1C(=O)CCc1cccnc1[C@@H](O)[C@@H](C)O. The van der Waals surface area contributed by atoms with Crippen molar-refractivity contribution in [3.63, 3.8) is 0 Å².